The third-order valence-corrected chi connectivity index (χ3v) is 7.55. The van der Waals surface area contributed by atoms with Crippen molar-refractivity contribution in [3.63, 3.8) is 0 Å². The van der Waals surface area contributed by atoms with Crippen molar-refractivity contribution in [3.05, 3.63) is 70.2 Å². The van der Waals surface area contributed by atoms with E-state index in [1.165, 1.54) is 37.7 Å². The largest absolute Gasteiger partial charge is 0.493 e. The van der Waals surface area contributed by atoms with Gasteiger partial charge >= 0.3 is 5.69 Å². The maximum Gasteiger partial charge on any atom is 0.331 e. The van der Waals surface area contributed by atoms with Crippen molar-refractivity contribution >= 4 is 27.3 Å². The third-order valence-electron chi connectivity index (χ3n) is 5.45. The zero-order valence-electron chi connectivity index (χ0n) is 18.3. The highest BCUT2D eigenvalue weighted by Crippen LogP contribution is 2.33. The quantitative estimate of drug-likeness (QED) is 0.267. The Morgan fingerprint density at radius 2 is 1.85 bits per heavy atom. The lowest BCUT2D eigenvalue weighted by Crippen LogP contribution is -2.52. The van der Waals surface area contributed by atoms with Gasteiger partial charge in [0.15, 0.2) is 15.4 Å². The zero-order valence-corrected chi connectivity index (χ0v) is 19.9. The van der Waals surface area contributed by atoms with Crippen molar-refractivity contribution < 1.29 is 28.6 Å². The van der Waals surface area contributed by atoms with Crippen LogP contribution >= 0.6 is 11.6 Å². The second-order valence-corrected chi connectivity index (χ2v) is 10.4. The Kier molecular flexibility index (Phi) is 7.22. The molecule has 2 unspecified atom stereocenters. The van der Waals surface area contributed by atoms with Crippen molar-refractivity contribution in [1.82, 2.24) is 14.6 Å². The van der Waals surface area contributed by atoms with Gasteiger partial charge in [0.2, 0.25) is 5.88 Å². The topological polar surface area (TPSA) is 151 Å². The van der Waals surface area contributed by atoms with Gasteiger partial charge in [-0.1, -0.05) is 48.0 Å². The molecule has 34 heavy (non-hydrogen) atoms. The molecule has 1 amide bonds. The summed E-state index contributed by atoms with van der Waals surface area (Å²) in [6.45, 7) is 1.41. The molecule has 1 aromatic heterocycles. The zero-order chi connectivity index (χ0) is 25.3. The molecule has 0 radical (unpaired) electrons. The first-order chi connectivity index (χ1) is 15.9. The van der Waals surface area contributed by atoms with E-state index in [1.807, 2.05) is 0 Å². The summed E-state index contributed by atoms with van der Waals surface area (Å²) in [6, 6.07) is 11.8. The smallest absolute Gasteiger partial charge is 0.331 e. The molecule has 1 heterocycles. The summed E-state index contributed by atoms with van der Waals surface area (Å²) in [7, 11) is -2.98. The molecule has 0 saturated carbocycles. The highest BCUT2D eigenvalue weighted by molar-refractivity contribution is 7.91. The van der Waals surface area contributed by atoms with Gasteiger partial charge in [-0.2, -0.15) is 0 Å². The van der Waals surface area contributed by atoms with E-state index in [1.54, 1.807) is 30.3 Å². The highest BCUT2D eigenvalue weighted by atomic mass is 35.5. The molecule has 0 fully saturated rings. The first-order valence-corrected chi connectivity index (χ1v) is 12.1. The molecule has 4 N–H and O–H groups in total. The van der Waals surface area contributed by atoms with E-state index >= 15 is 0 Å². The van der Waals surface area contributed by atoms with Gasteiger partial charge in [-0.15, -0.1) is 0 Å². The molecule has 3 aromatic rings. The fourth-order valence-electron chi connectivity index (χ4n) is 3.88. The van der Waals surface area contributed by atoms with E-state index in [4.69, 9.17) is 11.6 Å². The predicted octanol–water partition coefficient (Wildman–Crippen LogP) is 1.87. The van der Waals surface area contributed by atoms with Crippen molar-refractivity contribution in [2.75, 3.05) is 5.75 Å². The molecule has 10 nitrogen and oxygen atoms in total. The maximum absolute atomic E-state index is 13.5. The van der Waals surface area contributed by atoms with Crippen LogP contribution in [-0.4, -0.2) is 50.2 Å². The average molecular weight is 510 g/mol. The number of nitrogens with zero attached hydrogens (tertiary/aromatic N) is 2. The molecule has 0 aliphatic carbocycles. The summed E-state index contributed by atoms with van der Waals surface area (Å²) in [5.41, 5.74) is -1.13. The Balaban J connectivity index is 2.05. The molecular formula is C22H24ClN3O7S. The van der Waals surface area contributed by atoms with Crippen LogP contribution in [0.15, 0.2) is 64.4 Å². The number of benzene rings is 2. The van der Waals surface area contributed by atoms with Crippen LogP contribution in [0.5, 0.6) is 5.88 Å². The number of amides is 1. The minimum atomic E-state index is -4.38. The number of halogens is 1. The Morgan fingerprint density at radius 1 is 1.21 bits per heavy atom. The van der Waals surface area contributed by atoms with E-state index < -0.39 is 51.1 Å². The Morgan fingerprint density at radius 3 is 2.41 bits per heavy atom. The van der Waals surface area contributed by atoms with Gasteiger partial charge in [0.25, 0.3) is 5.91 Å². The minimum absolute atomic E-state index is 0.127. The fourth-order valence-corrected chi connectivity index (χ4v) is 5.97. The number of aromatic hydroxyl groups is 1. The summed E-state index contributed by atoms with van der Waals surface area (Å²) in [5, 5.41) is 30.5. The number of rotatable bonds is 8. The lowest BCUT2D eigenvalue weighted by molar-refractivity contribution is -0.148. The fraction of sp³-hybridized carbons (Fsp3) is 0.273. The number of sulfone groups is 1. The molecule has 0 spiro atoms. The van der Waals surface area contributed by atoms with Gasteiger partial charge in [-0.25, -0.2) is 18.7 Å². The van der Waals surface area contributed by atoms with E-state index in [0.29, 0.717) is 11.1 Å². The molecule has 12 heteroatoms. The maximum atomic E-state index is 13.5. The van der Waals surface area contributed by atoms with Gasteiger partial charge in [0.05, 0.1) is 16.8 Å². The van der Waals surface area contributed by atoms with Crippen LogP contribution in [0.2, 0.25) is 5.02 Å². The number of aliphatic hydroxyl groups is 1. The summed E-state index contributed by atoms with van der Waals surface area (Å²) in [5.74, 6) is -2.94. The Hall–Kier alpha value is -3.12. The summed E-state index contributed by atoms with van der Waals surface area (Å²) in [4.78, 5) is 24.5. The monoisotopic (exact) mass is 509 g/mol. The number of hydrogen-bond donors (Lipinski definition) is 4. The molecule has 0 aliphatic rings. The summed E-state index contributed by atoms with van der Waals surface area (Å²) >= 11 is 6.06. The van der Waals surface area contributed by atoms with Crippen LogP contribution in [-0.2, 0) is 21.7 Å². The van der Waals surface area contributed by atoms with E-state index in [-0.39, 0.29) is 9.92 Å². The minimum Gasteiger partial charge on any atom is -0.493 e. The van der Waals surface area contributed by atoms with Gasteiger partial charge in [0, 0.05) is 30.1 Å². The number of aryl methyl sites for hydroxylation is 1. The van der Waals surface area contributed by atoms with Crippen molar-refractivity contribution in [2.24, 2.45) is 7.05 Å². The van der Waals surface area contributed by atoms with Crippen LogP contribution in [0.25, 0.3) is 11.1 Å². The Labute approximate surface area is 200 Å². The van der Waals surface area contributed by atoms with Gasteiger partial charge in [-0.3, -0.25) is 19.1 Å². The molecule has 0 bridgehead atoms. The van der Waals surface area contributed by atoms with Crippen LogP contribution < -0.4 is 11.2 Å². The average Bonchev–Trinajstić information content (AvgIpc) is 3.04. The predicted molar refractivity (Wildman–Crippen MR) is 124 cm³/mol. The van der Waals surface area contributed by atoms with E-state index in [0.717, 1.165) is 15.3 Å². The van der Waals surface area contributed by atoms with Gasteiger partial charge < -0.3 is 10.2 Å². The van der Waals surface area contributed by atoms with Crippen molar-refractivity contribution in [1.29, 1.82) is 0 Å². The molecule has 3 rings (SSSR count). The standard InChI is InChI=1S/C22H24ClN3O7S/c1-14(26-19(27)12-25(2)21(26)29)11-22(30,20(28)24-31)13-34(32,33)18-10-16(23)8-9-17(18)15-6-4-3-5-7-15/h3-10,12,14,27,30-31H,11,13H2,1-2H3,(H,24,28). The van der Waals surface area contributed by atoms with Crippen LogP contribution in [0.4, 0.5) is 0 Å². The summed E-state index contributed by atoms with van der Waals surface area (Å²) < 4.78 is 28.9. The molecular weight excluding hydrogens is 486 g/mol. The second kappa shape index (κ2) is 9.63. The summed E-state index contributed by atoms with van der Waals surface area (Å²) in [6.07, 6.45) is 0.524. The van der Waals surface area contributed by atoms with Crippen molar-refractivity contribution in [2.45, 2.75) is 29.9 Å². The van der Waals surface area contributed by atoms with Crippen LogP contribution in [0.3, 0.4) is 0 Å². The second-order valence-electron chi connectivity index (χ2n) is 8.04. The molecule has 2 aromatic carbocycles. The number of hydrogen-bond acceptors (Lipinski definition) is 7. The third kappa shape index (κ3) is 5.02. The number of hydroxylamine groups is 1. The molecule has 0 aliphatic heterocycles. The van der Waals surface area contributed by atoms with Crippen LogP contribution in [0.1, 0.15) is 19.4 Å². The van der Waals surface area contributed by atoms with Crippen molar-refractivity contribution in [3.8, 4) is 17.0 Å². The van der Waals surface area contributed by atoms with Gasteiger partial charge in [0.1, 0.15) is 0 Å². The normalized spacial score (nSPS) is 14.4. The molecule has 182 valence electrons. The number of nitrogens with one attached hydrogen (secondary N) is 1. The number of aromatic nitrogens is 2. The number of carbonyl (C=O) groups excluding carboxylic acids is 1. The highest BCUT2D eigenvalue weighted by Gasteiger charge is 2.43. The van der Waals surface area contributed by atoms with Crippen LogP contribution in [0, 0.1) is 0 Å². The molecule has 2 atom stereocenters. The SMILES string of the molecule is CC(CC(O)(CS(=O)(=O)c1cc(Cl)ccc1-c1ccccc1)C(=O)NO)n1c(O)cn(C)c1=O. The molecule has 0 saturated heterocycles. The first kappa shape index (κ1) is 25.5. The lowest BCUT2D eigenvalue weighted by atomic mass is 9.96. The van der Waals surface area contributed by atoms with E-state index in [2.05, 4.69) is 0 Å². The first-order valence-electron chi connectivity index (χ1n) is 10.1. The lowest BCUT2D eigenvalue weighted by Gasteiger charge is -2.29. The Bertz CT molecular complexity index is 1370. The van der Waals surface area contributed by atoms with E-state index in [9.17, 15) is 33.4 Å². The number of imidazole rings is 1. The number of carbonyl (C=O) groups is 1. The van der Waals surface area contributed by atoms with Gasteiger partial charge in [-0.05, 0) is 24.6 Å².